The summed E-state index contributed by atoms with van der Waals surface area (Å²) < 4.78 is 0. The number of aromatic nitrogens is 2. The Balaban J connectivity index is 1.97. The minimum Gasteiger partial charge on any atom is -0.396 e. The molecule has 2 aromatic rings. The van der Waals surface area contributed by atoms with Crippen molar-refractivity contribution in [2.24, 2.45) is 0 Å². The number of aliphatic hydroxyl groups excluding tert-OH is 1. The summed E-state index contributed by atoms with van der Waals surface area (Å²) >= 11 is 0. The highest BCUT2D eigenvalue weighted by Gasteiger charge is 2.12. The van der Waals surface area contributed by atoms with Crippen molar-refractivity contribution in [3.8, 4) is 0 Å². The second-order valence-corrected chi connectivity index (χ2v) is 4.65. The number of rotatable bonds is 6. The van der Waals surface area contributed by atoms with E-state index in [1.807, 2.05) is 12.1 Å². The molecule has 0 spiro atoms. The van der Waals surface area contributed by atoms with Gasteiger partial charge in [0, 0.05) is 25.8 Å². The highest BCUT2D eigenvalue weighted by atomic mass is 16.2. The molecule has 0 aliphatic rings. The molecule has 1 aromatic carbocycles. The summed E-state index contributed by atoms with van der Waals surface area (Å²) in [5.41, 5.74) is 2.41. The highest BCUT2D eigenvalue weighted by molar-refractivity contribution is 5.97. The Bertz CT molecular complexity index is 550. The lowest BCUT2D eigenvalue weighted by atomic mass is 10.1. The number of aromatic amines is 1. The van der Waals surface area contributed by atoms with Crippen LogP contribution in [0, 0.1) is 0 Å². The number of carbonyl (C=O) groups is 1. The highest BCUT2D eigenvalue weighted by Crippen LogP contribution is 2.13. The number of imidazole rings is 1. The maximum Gasteiger partial charge on any atom is 0.253 e. The van der Waals surface area contributed by atoms with Gasteiger partial charge >= 0.3 is 0 Å². The third-order valence-electron chi connectivity index (χ3n) is 3.17. The molecule has 102 valence electrons. The minimum absolute atomic E-state index is 0.0144. The van der Waals surface area contributed by atoms with Crippen LogP contribution in [0.4, 0.5) is 0 Å². The fourth-order valence-corrected chi connectivity index (χ4v) is 2.03. The van der Waals surface area contributed by atoms with Crippen molar-refractivity contribution >= 4 is 16.9 Å². The second-order valence-electron chi connectivity index (χ2n) is 4.65. The Kier molecular flexibility index (Phi) is 4.52. The normalized spacial score (nSPS) is 10.8. The summed E-state index contributed by atoms with van der Waals surface area (Å²) in [4.78, 5) is 21.1. The molecule has 19 heavy (non-hydrogen) atoms. The fourth-order valence-electron chi connectivity index (χ4n) is 2.03. The summed E-state index contributed by atoms with van der Waals surface area (Å²) in [6.45, 7) is 0.925. The van der Waals surface area contributed by atoms with Crippen molar-refractivity contribution in [1.82, 2.24) is 14.9 Å². The molecule has 0 aliphatic heterocycles. The third kappa shape index (κ3) is 3.32. The van der Waals surface area contributed by atoms with Crippen LogP contribution in [0.15, 0.2) is 24.5 Å². The predicted octanol–water partition coefficient (Wildman–Crippen LogP) is 1.80. The lowest BCUT2D eigenvalue weighted by Gasteiger charge is -2.17. The molecule has 0 unspecified atom stereocenters. The summed E-state index contributed by atoms with van der Waals surface area (Å²) in [5.74, 6) is 0.0144. The molecular formula is C14H19N3O2. The molecule has 0 bridgehead atoms. The van der Waals surface area contributed by atoms with E-state index in [-0.39, 0.29) is 12.5 Å². The van der Waals surface area contributed by atoms with E-state index in [4.69, 9.17) is 5.11 Å². The van der Waals surface area contributed by atoms with Gasteiger partial charge in [0.15, 0.2) is 0 Å². The number of fused-ring (bicyclic) bond motifs is 1. The van der Waals surface area contributed by atoms with Gasteiger partial charge in [-0.05, 0) is 37.5 Å². The van der Waals surface area contributed by atoms with Gasteiger partial charge in [-0.2, -0.15) is 0 Å². The third-order valence-corrected chi connectivity index (χ3v) is 3.17. The molecule has 5 nitrogen and oxygen atoms in total. The van der Waals surface area contributed by atoms with Crippen LogP contribution in [0.2, 0.25) is 0 Å². The molecule has 0 fully saturated rings. The number of H-pyrrole nitrogens is 1. The Morgan fingerprint density at radius 1 is 1.37 bits per heavy atom. The maximum atomic E-state index is 12.2. The van der Waals surface area contributed by atoms with E-state index in [0.29, 0.717) is 12.1 Å². The summed E-state index contributed by atoms with van der Waals surface area (Å²) in [5, 5.41) is 8.71. The Morgan fingerprint density at radius 2 is 2.21 bits per heavy atom. The van der Waals surface area contributed by atoms with Crippen LogP contribution in [-0.2, 0) is 0 Å². The van der Waals surface area contributed by atoms with Gasteiger partial charge in [0.25, 0.3) is 5.91 Å². The van der Waals surface area contributed by atoms with Gasteiger partial charge in [0.2, 0.25) is 0 Å². The molecule has 2 rings (SSSR count). The van der Waals surface area contributed by atoms with Crippen molar-refractivity contribution in [2.75, 3.05) is 20.2 Å². The molecule has 1 heterocycles. The SMILES string of the molecule is CN(CCCCCO)C(=O)c1ccc2nc[nH]c2c1. The van der Waals surface area contributed by atoms with Crippen LogP contribution >= 0.6 is 0 Å². The fraction of sp³-hybridized carbons (Fsp3) is 0.429. The molecule has 0 saturated heterocycles. The standard InChI is InChI=1S/C14H19N3O2/c1-17(7-3-2-4-8-18)14(19)11-5-6-12-13(9-11)16-10-15-12/h5-6,9-10,18H,2-4,7-8H2,1H3,(H,15,16). The van der Waals surface area contributed by atoms with Crippen LogP contribution in [0.25, 0.3) is 11.0 Å². The van der Waals surface area contributed by atoms with Crippen LogP contribution < -0.4 is 0 Å². The van der Waals surface area contributed by atoms with Crippen LogP contribution in [0.5, 0.6) is 0 Å². The van der Waals surface area contributed by atoms with E-state index in [9.17, 15) is 4.79 Å². The van der Waals surface area contributed by atoms with Gasteiger partial charge in [0.05, 0.1) is 17.4 Å². The first kappa shape index (κ1) is 13.5. The monoisotopic (exact) mass is 261 g/mol. The number of nitrogens with zero attached hydrogens (tertiary/aromatic N) is 2. The van der Waals surface area contributed by atoms with Gasteiger partial charge in [-0.25, -0.2) is 4.98 Å². The number of aliphatic hydroxyl groups is 1. The average molecular weight is 261 g/mol. The number of carbonyl (C=O) groups excluding carboxylic acids is 1. The molecule has 0 saturated carbocycles. The van der Waals surface area contributed by atoms with Gasteiger partial charge in [-0.15, -0.1) is 0 Å². The van der Waals surface area contributed by atoms with Crippen LogP contribution in [0.1, 0.15) is 29.6 Å². The largest absolute Gasteiger partial charge is 0.396 e. The Hall–Kier alpha value is -1.88. The quantitative estimate of drug-likeness (QED) is 0.779. The number of hydrogen-bond donors (Lipinski definition) is 2. The van der Waals surface area contributed by atoms with Gasteiger partial charge in [-0.3, -0.25) is 4.79 Å². The zero-order chi connectivity index (χ0) is 13.7. The molecule has 2 N–H and O–H groups in total. The first-order valence-electron chi connectivity index (χ1n) is 6.52. The number of hydrogen-bond acceptors (Lipinski definition) is 3. The lowest BCUT2D eigenvalue weighted by Crippen LogP contribution is -2.27. The molecular weight excluding hydrogens is 242 g/mol. The predicted molar refractivity (Wildman–Crippen MR) is 74.0 cm³/mol. The van der Waals surface area contributed by atoms with Gasteiger partial charge in [-0.1, -0.05) is 0 Å². The molecule has 1 amide bonds. The van der Waals surface area contributed by atoms with Gasteiger partial charge in [0.1, 0.15) is 0 Å². The van der Waals surface area contributed by atoms with E-state index in [1.165, 1.54) is 0 Å². The zero-order valence-corrected chi connectivity index (χ0v) is 11.1. The van der Waals surface area contributed by atoms with Crippen molar-refractivity contribution in [2.45, 2.75) is 19.3 Å². The van der Waals surface area contributed by atoms with E-state index < -0.39 is 0 Å². The molecule has 0 radical (unpaired) electrons. The molecule has 0 aliphatic carbocycles. The molecule has 1 aromatic heterocycles. The van der Waals surface area contributed by atoms with E-state index >= 15 is 0 Å². The van der Waals surface area contributed by atoms with E-state index in [0.717, 1.165) is 30.3 Å². The van der Waals surface area contributed by atoms with Crippen LogP contribution in [0.3, 0.4) is 0 Å². The summed E-state index contributed by atoms with van der Waals surface area (Å²) in [7, 11) is 1.80. The minimum atomic E-state index is 0.0144. The first-order valence-corrected chi connectivity index (χ1v) is 6.52. The topological polar surface area (TPSA) is 69.2 Å². The first-order chi connectivity index (χ1) is 9.22. The van der Waals surface area contributed by atoms with Crippen molar-refractivity contribution in [3.05, 3.63) is 30.1 Å². The van der Waals surface area contributed by atoms with Crippen LogP contribution in [-0.4, -0.2) is 46.1 Å². The van der Waals surface area contributed by atoms with Crippen molar-refractivity contribution in [3.63, 3.8) is 0 Å². The van der Waals surface area contributed by atoms with Crippen molar-refractivity contribution < 1.29 is 9.90 Å². The summed E-state index contributed by atoms with van der Waals surface area (Å²) in [6.07, 6.45) is 4.27. The van der Waals surface area contributed by atoms with Gasteiger partial charge < -0.3 is 15.0 Å². The number of benzene rings is 1. The number of nitrogens with one attached hydrogen (secondary N) is 1. The van der Waals surface area contributed by atoms with Crippen molar-refractivity contribution in [1.29, 1.82) is 0 Å². The lowest BCUT2D eigenvalue weighted by molar-refractivity contribution is 0.0792. The zero-order valence-electron chi connectivity index (χ0n) is 11.1. The number of amides is 1. The molecule has 0 atom stereocenters. The number of unbranched alkanes of at least 4 members (excludes halogenated alkanes) is 2. The van der Waals surface area contributed by atoms with E-state index in [1.54, 1.807) is 24.3 Å². The Labute approximate surface area is 112 Å². The average Bonchev–Trinajstić information content (AvgIpc) is 2.89. The van der Waals surface area contributed by atoms with E-state index in [2.05, 4.69) is 9.97 Å². The Morgan fingerprint density at radius 3 is 3.00 bits per heavy atom. The molecule has 5 heteroatoms. The summed E-state index contributed by atoms with van der Waals surface area (Å²) in [6, 6.07) is 5.48. The second kappa shape index (κ2) is 6.33. The maximum absolute atomic E-state index is 12.2. The smallest absolute Gasteiger partial charge is 0.253 e.